The van der Waals surface area contributed by atoms with Gasteiger partial charge in [-0.2, -0.15) is 5.10 Å². The third-order valence-corrected chi connectivity index (χ3v) is 5.58. The maximum Gasteiger partial charge on any atom is 0.282 e. The Morgan fingerprint density at radius 1 is 1.13 bits per heavy atom. The van der Waals surface area contributed by atoms with Crippen LogP contribution in [0.4, 0.5) is 23.2 Å². The van der Waals surface area contributed by atoms with E-state index in [1.807, 2.05) is 0 Å². The fraction of sp³-hybridized carbons (Fsp3) is 0.333. The molecule has 7 nitrogen and oxygen atoms in total. The van der Waals surface area contributed by atoms with Gasteiger partial charge >= 0.3 is 0 Å². The van der Waals surface area contributed by atoms with E-state index in [-0.39, 0.29) is 15.4 Å². The number of fused-ring (bicyclic) bond motifs is 1. The van der Waals surface area contributed by atoms with Gasteiger partial charge in [0.15, 0.2) is 0 Å². The minimum Gasteiger partial charge on any atom is -0.365 e. The summed E-state index contributed by atoms with van der Waals surface area (Å²) in [5, 5.41) is 6.62. The van der Waals surface area contributed by atoms with Gasteiger partial charge in [-0.05, 0) is 38.5 Å². The average Bonchev–Trinajstić information content (AvgIpc) is 3.22. The number of carbonyl (C=O) groups is 2. The fourth-order valence-corrected chi connectivity index (χ4v) is 4.13. The quantitative estimate of drug-likeness (QED) is 0.555. The SMILES string of the molecule is Cc1cc(C(F)F)nc2sc(C(N)=O)c(NC(=O)[C@@H](C)n3nc(C(F)F)cc3C)c12. The van der Waals surface area contributed by atoms with Crippen LogP contribution in [0.3, 0.4) is 0 Å². The molecule has 0 aliphatic rings. The van der Waals surface area contributed by atoms with Crippen LogP contribution < -0.4 is 11.1 Å². The van der Waals surface area contributed by atoms with E-state index in [1.165, 1.54) is 19.9 Å². The number of primary amides is 1. The lowest BCUT2D eigenvalue weighted by Gasteiger charge is -2.15. The second-order valence-corrected chi connectivity index (χ2v) is 7.64. The van der Waals surface area contributed by atoms with Crippen LogP contribution in [0.5, 0.6) is 0 Å². The zero-order valence-corrected chi connectivity index (χ0v) is 16.9. The molecule has 2 amide bonds. The maximum atomic E-state index is 13.1. The molecule has 1 atom stereocenters. The number of alkyl halides is 4. The highest BCUT2D eigenvalue weighted by Gasteiger charge is 2.26. The second kappa shape index (κ2) is 8.01. The minimum absolute atomic E-state index is 0.0454. The van der Waals surface area contributed by atoms with Crippen LogP contribution in [0.25, 0.3) is 10.2 Å². The molecule has 30 heavy (non-hydrogen) atoms. The fourth-order valence-electron chi connectivity index (χ4n) is 3.06. The molecular weight excluding hydrogens is 426 g/mol. The molecule has 0 radical (unpaired) electrons. The first kappa shape index (κ1) is 21.7. The van der Waals surface area contributed by atoms with Crippen LogP contribution >= 0.6 is 11.3 Å². The van der Waals surface area contributed by atoms with Crippen molar-refractivity contribution < 1.29 is 27.2 Å². The number of thiophene rings is 1. The van der Waals surface area contributed by atoms with Gasteiger partial charge in [-0.1, -0.05) is 0 Å². The molecule has 0 saturated carbocycles. The molecule has 3 N–H and O–H groups in total. The molecule has 0 saturated heterocycles. The molecule has 0 unspecified atom stereocenters. The van der Waals surface area contributed by atoms with Crippen molar-refractivity contribution in [2.24, 2.45) is 5.73 Å². The van der Waals surface area contributed by atoms with Gasteiger partial charge in [0.1, 0.15) is 27.1 Å². The highest BCUT2D eigenvalue weighted by molar-refractivity contribution is 7.21. The molecule has 0 aliphatic carbocycles. The Balaban J connectivity index is 2.03. The van der Waals surface area contributed by atoms with Gasteiger partial charge in [0.25, 0.3) is 18.8 Å². The van der Waals surface area contributed by atoms with E-state index in [2.05, 4.69) is 15.4 Å². The molecule has 160 valence electrons. The monoisotopic (exact) mass is 443 g/mol. The number of carbonyl (C=O) groups excluding carboxylic acids is 2. The molecule has 12 heteroatoms. The number of nitrogens with two attached hydrogens (primary N) is 1. The Kier molecular flexibility index (Phi) is 5.79. The van der Waals surface area contributed by atoms with Crippen molar-refractivity contribution in [1.82, 2.24) is 14.8 Å². The van der Waals surface area contributed by atoms with Gasteiger partial charge < -0.3 is 11.1 Å². The van der Waals surface area contributed by atoms with Crippen molar-refractivity contribution in [2.45, 2.75) is 39.7 Å². The third kappa shape index (κ3) is 3.86. The topological polar surface area (TPSA) is 103 Å². The van der Waals surface area contributed by atoms with Crippen LogP contribution in [-0.2, 0) is 4.79 Å². The summed E-state index contributed by atoms with van der Waals surface area (Å²) in [7, 11) is 0. The summed E-state index contributed by atoms with van der Waals surface area (Å²) >= 11 is 0.783. The summed E-state index contributed by atoms with van der Waals surface area (Å²) in [5.41, 5.74) is 5.23. The Morgan fingerprint density at radius 3 is 2.30 bits per heavy atom. The first-order chi connectivity index (χ1) is 14.0. The summed E-state index contributed by atoms with van der Waals surface area (Å²) in [6.07, 6.45) is -5.60. The van der Waals surface area contributed by atoms with Crippen LogP contribution in [0, 0.1) is 13.8 Å². The number of pyridine rings is 1. The summed E-state index contributed by atoms with van der Waals surface area (Å²) in [6.45, 7) is 4.51. The molecule has 3 aromatic heterocycles. The number of hydrogen-bond donors (Lipinski definition) is 2. The number of nitrogens with zero attached hydrogens (tertiary/aromatic N) is 3. The molecule has 0 aromatic carbocycles. The van der Waals surface area contributed by atoms with Gasteiger partial charge in [0.05, 0.1) is 5.69 Å². The van der Waals surface area contributed by atoms with E-state index < -0.39 is 42.1 Å². The lowest BCUT2D eigenvalue weighted by molar-refractivity contribution is -0.119. The summed E-state index contributed by atoms with van der Waals surface area (Å²) in [6, 6.07) is 1.33. The van der Waals surface area contributed by atoms with E-state index in [0.717, 1.165) is 22.1 Å². The number of anilines is 1. The number of halogens is 4. The highest BCUT2D eigenvalue weighted by atomic mass is 32.1. The second-order valence-electron chi connectivity index (χ2n) is 6.64. The average molecular weight is 443 g/mol. The molecule has 0 aliphatic heterocycles. The number of hydrogen-bond acceptors (Lipinski definition) is 5. The van der Waals surface area contributed by atoms with Crippen LogP contribution in [0.2, 0.25) is 0 Å². The van der Waals surface area contributed by atoms with Gasteiger partial charge in [-0.25, -0.2) is 22.5 Å². The van der Waals surface area contributed by atoms with Crippen molar-refractivity contribution in [3.63, 3.8) is 0 Å². The van der Waals surface area contributed by atoms with Crippen LogP contribution in [-0.4, -0.2) is 26.6 Å². The zero-order chi connectivity index (χ0) is 22.3. The van der Waals surface area contributed by atoms with Gasteiger partial charge in [0, 0.05) is 11.1 Å². The smallest absolute Gasteiger partial charge is 0.282 e. The summed E-state index contributed by atoms with van der Waals surface area (Å²) in [4.78, 5) is 28.6. The third-order valence-electron chi connectivity index (χ3n) is 4.49. The zero-order valence-electron chi connectivity index (χ0n) is 16.0. The molecule has 0 fully saturated rings. The van der Waals surface area contributed by atoms with E-state index in [1.54, 1.807) is 6.92 Å². The van der Waals surface area contributed by atoms with E-state index in [0.29, 0.717) is 16.6 Å². The van der Waals surface area contributed by atoms with Gasteiger partial charge in [-0.3, -0.25) is 14.3 Å². The number of nitrogens with one attached hydrogen (secondary N) is 1. The largest absolute Gasteiger partial charge is 0.365 e. The van der Waals surface area contributed by atoms with Crippen molar-refractivity contribution in [1.29, 1.82) is 0 Å². The number of aromatic nitrogens is 3. The predicted molar refractivity (Wildman–Crippen MR) is 103 cm³/mol. The van der Waals surface area contributed by atoms with E-state index in [9.17, 15) is 27.2 Å². The van der Waals surface area contributed by atoms with Crippen molar-refractivity contribution in [3.8, 4) is 0 Å². The number of aryl methyl sites for hydroxylation is 2. The van der Waals surface area contributed by atoms with Gasteiger partial charge in [0.2, 0.25) is 5.91 Å². The standard InChI is InChI=1S/C18H17F4N5O2S/c1-6-4-9(14(19)20)24-18-11(6)12(13(30-18)16(23)28)25-17(29)8(3)27-7(2)5-10(26-27)15(21)22/h4-5,8,14-15H,1-3H3,(H2,23,28)(H,25,29)/t8-/m1/s1. The molecule has 3 rings (SSSR count). The molecule has 3 aromatic rings. The van der Waals surface area contributed by atoms with E-state index in [4.69, 9.17) is 5.73 Å². The highest BCUT2D eigenvalue weighted by Crippen LogP contribution is 2.38. The predicted octanol–water partition coefficient (Wildman–Crippen LogP) is 4.28. The Morgan fingerprint density at radius 2 is 1.77 bits per heavy atom. The first-order valence-electron chi connectivity index (χ1n) is 8.68. The van der Waals surface area contributed by atoms with Crippen LogP contribution in [0.15, 0.2) is 12.1 Å². The molecule has 0 spiro atoms. The number of rotatable bonds is 6. The minimum atomic E-state index is -2.81. The lowest BCUT2D eigenvalue weighted by atomic mass is 10.1. The van der Waals surface area contributed by atoms with E-state index >= 15 is 0 Å². The summed E-state index contributed by atoms with van der Waals surface area (Å²) in [5.74, 6) is -1.52. The molecule has 3 heterocycles. The molecule has 0 bridgehead atoms. The van der Waals surface area contributed by atoms with Crippen molar-refractivity contribution in [2.75, 3.05) is 5.32 Å². The van der Waals surface area contributed by atoms with Crippen molar-refractivity contribution in [3.05, 3.63) is 39.7 Å². The Bertz CT molecular complexity index is 1140. The first-order valence-corrected chi connectivity index (χ1v) is 9.50. The Hall–Kier alpha value is -3.02. The Labute approximate surface area is 171 Å². The molecular formula is C18H17F4N5O2S. The van der Waals surface area contributed by atoms with Crippen LogP contribution in [0.1, 0.15) is 58.1 Å². The lowest BCUT2D eigenvalue weighted by Crippen LogP contribution is -2.26. The number of amides is 2. The van der Waals surface area contributed by atoms with Gasteiger partial charge in [-0.15, -0.1) is 11.3 Å². The summed E-state index contributed by atoms with van der Waals surface area (Å²) < 4.78 is 53.0. The van der Waals surface area contributed by atoms with Crippen molar-refractivity contribution >= 4 is 39.1 Å². The maximum absolute atomic E-state index is 13.1. The normalized spacial score (nSPS) is 12.7.